The number of carbonyl (C=O) groups is 5. The Hall–Kier alpha value is -2.77. The Kier molecular flexibility index (Phi) is 9.92. The maximum absolute atomic E-state index is 12.2. The molecule has 27 heavy (non-hydrogen) atoms. The molecule has 154 valence electrons. The van der Waals surface area contributed by atoms with E-state index >= 15 is 0 Å². The van der Waals surface area contributed by atoms with Gasteiger partial charge >= 0.3 is 5.97 Å². The van der Waals surface area contributed by atoms with E-state index in [0.29, 0.717) is 0 Å². The van der Waals surface area contributed by atoms with Gasteiger partial charge in [-0.05, 0) is 13.8 Å². The maximum atomic E-state index is 12.2. The lowest BCUT2D eigenvalue weighted by Crippen LogP contribution is -2.60. The summed E-state index contributed by atoms with van der Waals surface area (Å²) in [4.78, 5) is 57.7. The molecule has 5 atom stereocenters. The summed E-state index contributed by atoms with van der Waals surface area (Å²) in [5.41, 5.74) is 10.2. The Morgan fingerprint density at radius 3 is 1.81 bits per heavy atom. The van der Waals surface area contributed by atoms with Gasteiger partial charge in [-0.1, -0.05) is 0 Å². The third-order valence-electron chi connectivity index (χ3n) is 3.31. The van der Waals surface area contributed by atoms with Crippen LogP contribution in [0, 0.1) is 0 Å². The number of hydrogen-bond donors (Lipinski definition) is 8. The van der Waals surface area contributed by atoms with Crippen molar-refractivity contribution in [3.05, 3.63) is 0 Å². The van der Waals surface area contributed by atoms with Gasteiger partial charge in [0.2, 0.25) is 23.6 Å². The third kappa shape index (κ3) is 8.44. The summed E-state index contributed by atoms with van der Waals surface area (Å²) in [6, 6.07) is -5.72. The topological polar surface area (TPSA) is 234 Å². The minimum absolute atomic E-state index is 0.700. The number of nitrogens with two attached hydrogens (primary N) is 2. The second-order valence-corrected chi connectivity index (χ2v) is 5.83. The number of carboxylic acid groups (broad SMARTS) is 1. The Morgan fingerprint density at radius 1 is 0.926 bits per heavy atom. The number of nitrogens with one attached hydrogen (secondary N) is 3. The Morgan fingerprint density at radius 2 is 1.44 bits per heavy atom. The molecule has 0 rings (SSSR count). The monoisotopic (exact) mass is 391 g/mol. The van der Waals surface area contributed by atoms with E-state index in [-0.39, 0.29) is 0 Å². The molecule has 0 aliphatic heterocycles. The molecule has 4 amide bonds. The van der Waals surface area contributed by atoms with E-state index < -0.39 is 72.9 Å². The van der Waals surface area contributed by atoms with Crippen LogP contribution in [0.2, 0.25) is 0 Å². The highest BCUT2D eigenvalue weighted by molar-refractivity contribution is 5.95. The molecule has 13 heteroatoms. The van der Waals surface area contributed by atoms with Gasteiger partial charge in [-0.25, -0.2) is 4.79 Å². The fourth-order valence-corrected chi connectivity index (χ4v) is 1.82. The number of primary amides is 1. The molecule has 0 fully saturated rings. The van der Waals surface area contributed by atoms with Crippen molar-refractivity contribution in [2.45, 2.75) is 50.5 Å². The molecule has 0 bridgehead atoms. The lowest BCUT2D eigenvalue weighted by atomic mass is 10.1. The van der Waals surface area contributed by atoms with Gasteiger partial charge < -0.3 is 42.7 Å². The van der Waals surface area contributed by atoms with Gasteiger partial charge in [-0.15, -0.1) is 0 Å². The predicted octanol–water partition coefficient (Wildman–Crippen LogP) is -4.88. The molecule has 0 aliphatic carbocycles. The van der Waals surface area contributed by atoms with Crippen molar-refractivity contribution in [2.75, 3.05) is 6.61 Å². The average molecular weight is 391 g/mol. The van der Waals surface area contributed by atoms with E-state index in [9.17, 15) is 34.2 Å². The molecule has 5 unspecified atom stereocenters. The first-order valence-electron chi connectivity index (χ1n) is 7.87. The number of aliphatic carboxylic acids is 1. The van der Waals surface area contributed by atoms with Crippen LogP contribution in [0.3, 0.4) is 0 Å². The van der Waals surface area contributed by atoms with Crippen LogP contribution in [-0.2, 0) is 24.0 Å². The third-order valence-corrected chi connectivity index (χ3v) is 3.31. The molecule has 0 radical (unpaired) electrons. The van der Waals surface area contributed by atoms with E-state index in [1.807, 2.05) is 5.32 Å². The SMILES string of the molecule is CC(N)C(=O)NC(C(=O)NC(CO)C(=O)NC(CC(N)=O)C(=O)O)C(C)O. The number of aliphatic hydroxyl groups is 2. The Balaban J connectivity index is 5.12. The number of hydrogen-bond acceptors (Lipinski definition) is 8. The van der Waals surface area contributed by atoms with Gasteiger partial charge in [0.1, 0.15) is 18.1 Å². The number of amides is 4. The van der Waals surface area contributed by atoms with Crippen molar-refractivity contribution in [3.63, 3.8) is 0 Å². The zero-order chi connectivity index (χ0) is 21.3. The molecule has 0 aromatic rings. The zero-order valence-corrected chi connectivity index (χ0v) is 14.8. The number of carbonyl (C=O) groups excluding carboxylic acids is 4. The molecule has 0 spiro atoms. The number of aliphatic hydroxyl groups excluding tert-OH is 2. The fourth-order valence-electron chi connectivity index (χ4n) is 1.82. The van der Waals surface area contributed by atoms with E-state index in [1.165, 1.54) is 13.8 Å². The van der Waals surface area contributed by atoms with Crippen molar-refractivity contribution >= 4 is 29.6 Å². The first kappa shape index (κ1) is 24.2. The summed E-state index contributed by atoms with van der Waals surface area (Å²) in [5.74, 6) is -5.40. The van der Waals surface area contributed by atoms with Crippen molar-refractivity contribution in [1.29, 1.82) is 0 Å². The quantitative estimate of drug-likeness (QED) is 0.168. The Bertz CT molecular complexity index is 580. The summed E-state index contributed by atoms with van der Waals surface area (Å²) in [6.45, 7) is 1.63. The molecular formula is C14H25N5O8. The second kappa shape index (κ2) is 11.1. The van der Waals surface area contributed by atoms with Crippen molar-refractivity contribution < 1.29 is 39.3 Å². The van der Waals surface area contributed by atoms with E-state index in [2.05, 4.69) is 10.6 Å². The smallest absolute Gasteiger partial charge is 0.326 e. The largest absolute Gasteiger partial charge is 0.480 e. The van der Waals surface area contributed by atoms with E-state index in [0.717, 1.165) is 0 Å². The minimum Gasteiger partial charge on any atom is -0.480 e. The second-order valence-electron chi connectivity index (χ2n) is 5.83. The lowest BCUT2D eigenvalue weighted by molar-refractivity contribution is -0.144. The summed E-state index contributed by atoms with van der Waals surface area (Å²) < 4.78 is 0. The summed E-state index contributed by atoms with van der Waals surface area (Å²) >= 11 is 0. The summed E-state index contributed by atoms with van der Waals surface area (Å²) in [5, 5.41) is 34.1. The van der Waals surface area contributed by atoms with Crippen molar-refractivity contribution in [1.82, 2.24) is 16.0 Å². The normalized spacial score (nSPS) is 16.2. The van der Waals surface area contributed by atoms with Gasteiger partial charge in [0.05, 0.1) is 25.2 Å². The lowest BCUT2D eigenvalue weighted by Gasteiger charge is -2.25. The van der Waals surface area contributed by atoms with Crippen molar-refractivity contribution in [3.8, 4) is 0 Å². The standard InChI is InChI=1S/C14H25N5O8/c1-5(15)11(23)19-10(6(2)21)13(25)18-8(4-20)12(24)17-7(14(26)27)3-9(16)22/h5-8,10,20-21H,3-4,15H2,1-2H3,(H2,16,22)(H,17,24)(H,18,25)(H,19,23)(H,26,27). The molecule has 13 nitrogen and oxygen atoms in total. The summed E-state index contributed by atoms with van der Waals surface area (Å²) in [6.07, 6.45) is -2.06. The van der Waals surface area contributed by atoms with E-state index in [4.69, 9.17) is 16.6 Å². The van der Waals surface area contributed by atoms with Gasteiger partial charge in [0.15, 0.2) is 0 Å². The highest BCUT2D eigenvalue weighted by atomic mass is 16.4. The average Bonchev–Trinajstić information content (AvgIpc) is 2.55. The molecule has 0 aromatic heterocycles. The van der Waals surface area contributed by atoms with E-state index in [1.54, 1.807) is 0 Å². The first-order chi connectivity index (χ1) is 12.4. The van der Waals surface area contributed by atoms with Gasteiger partial charge in [-0.2, -0.15) is 0 Å². The van der Waals surface area contributed by atoms with Crippen LogP contribution in [0.4, 0.5) is 0 Å². The predicted molar refractivity (Wildman–Crippen MR) is 89.7 cm³/mol. The highest BCUT2D eigenvalue weighted by Crippen LogP contribution is 1.98. The van der Waals surface area contributed by atoms with Crippen LogP contribution in [0.1, 0.15) is 20.3 Å². The van der Waals surface area contributed by atoms with Gasteiger partial charge in [0, 0.05) is 0 Å². The highest BCUT2D eigenvalue weighted by Gasteiger charge is 2.32. The molecule has 0 saturated carbocycles. The summed E-state index contributed by atoms with van der Waals surface area (Å²) in [7, 11) is 0. The van der Waals surface area contributed by atoms with Crippen LogP contribution >= 0.6 is 0 Å². The molecule has 10 N–H and O–H groups in total. The number of rotatable bonds is 11. The molecule has 0 aromatic carbocycles. The molecular weight excluding hydrogens is 366 g/mol. The van der Waals surface area contributed by atoms with Crippen LogP contribution in [-0.4, -0.2) is 81.8 Å². The van der Waals surface area contributed by atoms with Crippen LogP contribution in [0.25, 0.3) is 0 Å². The zero-order valence-electron chi connectivity index (χ0n) is 14.8. The van der Waals surface area contributed by atoms with Crippen molar-refractivity contribution in [2.24, 2.45) is 11.5 Å². The molecule has 0 aliphatic rings. The minimum atomic E-state index is -1.66. The maximum Gasteiger partial charge on any atom is 0.326 e. The Labute approximate surface area is 154 Å². The number of carboxylic acids is 1. The first-order valence-corrected chi connectivity index (χ1v) is 7.87. The van der Waals surface area contributed by atoms with Gasteiger partial charge in [-0.3, -0.25) is 19.2 Å². The molecule has 0 heterocycles. The van der Waals surface area contributed by atoms with Crippen LogP contribution < -0.4 is 27.4 Å². The van der Waals surface area contributed by atoms with Crippen LogP contribution in [0.5, 0.6) is 0 Å². The molecule has 0 saturated heterocycles. The van der Waals surface area contributed by atoms with Gasteiger partial charge in [0.25, 0.3) is 0 Å². The fraction of sp³-hybridized carbons (Fsp3) is 0.643. The van der Waals surface area contributed by atoms with Crippen LogP contribution in [0.15, 0.2) is 0 Å².